The Morgan fingerprint density at radius 3 is 2.24 bits per heavy atom. The minimum Gasteiger partial charge on any atom is -0.346 e. The first-order chi connectivity index (χ1) is 9.97. The van der Waals surface area contributed by atoms with E-state index >= 15 is 0 Å². The van der Waals surface area contributed by atoms with Gasteiger partial charge in [-0.1, -0.05) is 23.7 Å². The fourth-order valence-corrected chi connectivity index (χ4v) is 1.98. The molecular formula is C15H13ClN2O3. The third-order valence-electron chi connectivity index (χ3n) is 3.06. The molecule has 1 N–H and O–H groups in total. The molecule has 1 atom stereocenters. The number of non-ortho nitro benzene ring substituents is 1. The van der Waals surface area contributed by atoms with E-state index in [1.54, 1.807) is 12.1 Å². The van der Waals surface area contributed by atoms with E-state index in [0.717, 1.165) is 5.56 Å². The highest BCUT2D eigenvalue weighted by molar-refractivity contribution is 6.30. The first-order valence-corrected chi connectivity index (χ1v) is 6.66. The molecule has 0 aliphatic rings. The number of benzene rings is 2. The lowest BCUT2D eigenvalue weighted by atomic mass is 10.1. The molecule has 0 fully saturated rings. The smallest absolute Gasteiger partial charge is 0.269 e. The van der Waals surface area contributed by atoms with Gasteiger partial charge < -0.3 is 5.32 Å². The van der Waals surface area contributed by atoms with E-state index in [1.165, 1.54) is 24.3 Å². The Bertz CT molecular complexity index is 654. The maximum Gasteiger partial charge on any atom is 0.269 e. The highest BCUT2D eigenvalue weighted by Crippen LogP contribution is 2.17. The van der Waals surface area contributed by atoms with Crippen LogP contribution in [0.25, 0.3) is 0 Å². The number of nitrogens with zero attached hydrogens (tertiary/aromatic N) is 1. The summed E-state index contributed by atoms with van der Waals surface area (Å²) in [6.45, 7) is 1.85. The predicted molar refractivity (Wildman–Crippen MR) is 80.4 cm³/mol. The maximum atomic E-state index is 12.1. The largest absolute Gasteiger partial charge is 0.346 e. The zero-order chi connectivity index (χ0) is 15.4. The number of rotatable bonds is 4. The average Bonchev–Trinajstić information content (AvgIpc) is 2.47. The van der Waals surface area contributed by atoms with E-state index in [4.69, 9.17) is 11.6 Å². The Hall–Kier alpha value is -2.40. The van der Waals surface area contributed by atoms with Crippen molar-refractivity contribution in [1.82, 2.24) is 5.32 Å². The van der Waals surface area contributed by atoms with Crippen LogP contribution >= 0.6 is 11.6 Å². The van der Waals surface area contributed by atoms with Crippen molar-refractivity contribution in [3.63, 3.8) is 0 Å². The second-order valence-corrected chi connectivity index (χ2v) is 4.99. The van der Waals surface area contributed by atoms with Crippen LogP contribution in [0.2, 0.25) is 5.02 Å². The van der Waals surface area contributed by atoms with Crippen LogP contribution < -0.4 is 5.32 Å². The zero-order valence-electron chi connectivity index (χ0n) is 11.2. The van der Waals surface area contributed by atoms with E-state index in [9.17, 15) is 14.9 Å². The van der Waals surface area contributed by atoms with Gasteiger partial charge in [-0.3, -0.25) is 14.9 Å². The molecule has 0 radical (unpaired) electrons. The third kappa shape index (κ3) is 3.79. The second kappa shape index (κ2) is 6.37. The van der Waals surface area contributed by atoms with Crippen molar-refractivity contribution in [3.05, 3.63) is 74.8 Å². The number of hydrogen-bond acceptors (Lipinski definition) is 3. The number of nitrogens with one attached hydrogen (secondary N) is 1. The molecule has 5 nitrogen and oxygen atoms in total. The minimum absolute atomic E-state index is 0.0442. The Kier molecular flexibility index (Phi) is 4.55. The topological polar surface area (TPSA) is 72.2 Å². The molecule has 0 unspecified atom stereocenters. The number of nitro benzene ring substituents is 1. The highest BCUT2D eigenvalue weighted by atomic mass is 35.5. The molecule has 21 heavy (non-hydrogen) atoms. The van der Waals surface area contributed by atoms with E-state index in [2.05, 4.69) is 5.32 Å². The van der Waals surface area contributed by atoms with E-state index in [1.807, 2.05) is 19.1 Å². The second-order valence-electron chi connectivity index (χ2n) is 4.55. The summed E-state index contributed by atoms with van der Waals surface area (Å²) < 4.78 is 0. The highest BCUT2D eigenvalue weighted by Gasteiger charge is 2.13. The van der Waals surface area contributed by atoms with Gasteiger partial charge in [-0.05, 0) is 36.8 Å². The molecule has 0 aromatic heterocycles. The molecule has 2 aromatic carbocycles. The first-order valence-electron chi connectivity index (χ1n) is 6.28. The van der Waals surface area contributed by atoms with Crippen LogP contribution in [0.4, 0.5) is 5.69 Å². The summed E-state index contributed by atoms with van der Waals surface area (Å²) in [5.41, 5.74) is 1.26. The Morgan fingerprint density at radius 2 is 1.71 bits per heavy atom. The lowest BCUT2D eigenvalue weighted by Gasteiger charge is -2.14. The lowest BCUT2D eigenvalue weighted by Crippen LogP contribution is -2.26. The third-order valence-corrected chi connectivity index (χ3v) is 3.31. The molecule has 0 aliphatic heterocycles. The van der Waals surface area contributed by atoms with Crippen molar-refractivity contribution in [3.8, 4) is 0 Å². The molecule has 6 heteroatoms. The van der Waals surface area contributed by atoms with Gasteiger partial charge in [-0.25, -0.2) is 0 Å². The quantitative estimate of drug-likeness (QED) is 0.691. The number of carbonyl (C=O) groups excluding carboxylic acids is 1. The van der Waals surface area contributed by atoms with Gasteiger partial charge in [-0.15, -0.1) is 0 Å². The van der Waals surface area contributed by atoms with Crippen molar-refractivity contribution in [2.45, 2.75) is 13.0 Å². The van der Waals surface area contributed by atoms with Gasteiger partial charge in [0.05, 0.1) is 11.0 Å². The van der Waals surface area contributed by atoms with Gasteiger partial charge in [0.15, 0.2) is 0 Å². The van der Waals surface area contributed by atoms with E-state index in [0.29, 0.717) is 10.6 Å². The molecule has 0 heterocycles. The molecule has 2 rings (SSSR count). The van der Waals surface area contributed by atoms with Crippen LogP contribution in [0.15, 0.2) is 48.5 Å². The first kappa shape index (κ1) is 15.0. The standard InChI is InChI=1S/C15H13ClN2O3/c1-10(11-2-6-13(16)7-3-11)17-15(19)12-4-8-14(9-5-12)18(20)21/h2-10H,1H3,(H,17,19)/t10-/m1/s1. The van der Waals surface area contributed by atoms with Crippen LogP contribution in [0.1, 0.15) is 28.9 Å². The maximum absolute atomic E-state index is 12.1. The molecule has 0 bridgehead atoms. The summed E-state index contributed by atoms with van der Waals surface area (Å²) in [4.78, 5) is 22.1. The summed E-state index contributed by atoms with van der Waals surface area (Å²) >= 11 is 5.82. The summed E-state index contributed by atoms with van der Waals surface area (Å²) in [6, 6.07) is 12.5. The van der Waals surface area contributed by atoms with Crippen LogP contribution in [0, 0.1) is 10.1 Å². The van der Waals surface area contributed by atoms with Crippen molar-refractivity contribution in [1.29, 1.82) is 0 Å². The number of amides is 1. The van der Waals surface area contributed by atoms with Crippen molar-refractivity contribution < 1.29 is 9.72 Å². The average molecular weight is 305 g/mol. The van der Waals surface area contributed by atoms with Gasteiger partial charge in [0, 0.05) is 22.7 Å². The van der Waals surface area contributed by atoms with Gasteiger partial charge in [0.2, 0.25) is 0 Å². The van der Waals surface area contributed by atoms with E-state index < -0.39 is 4.92 Å². The predicted octanol–water partition coefficient (Wildman–Crippen LogP) is 3.74. The van der Waals surface area contributed by atoms with Crippen molar-refractivity contribution in [2.24, 2.45) is 0 Å². The minimum atomic E-state index is -0.502. The van der Waals surface area contributed by atoms with Gasteiger partial charge in [0.1, 0.15) is 0 Å². The molecule has 2 aromatic rings. The molecule has 0 aliphatic carbocycles. The number of nitro groups is 1. The molecule has 0 spiro atoms. The number of halogens is 1. The van der Waals surface area contributed by atoms with E-state index in [-0.39, 0.29) is 17.6 Å². The lowest BCUT2D eigenvalue weighted by molar-refractivity contribution is -0.384. The number of carbonyl (C=O) groups is 1. The monoisotopic (exact) mass is 304 g/mol. The van der Waals surface area contributed by atoms with Crippen LogP contribution in [-0.4, -0.2) is 10.8 Å². The van der Waals surface area contributed by atoms with Crippen LogP contribution in [-0.2, 0) is 0 Å². The Labute approximate surface area is 126 Å². The van der Waals surface area contributed by atoms with Crippen LogP contribution in [0.5, 0.6) is 0 Å². The fourth-order valence-electron chi connectivity index (χ4n) is 1.85. The number of hydrogen-bond donors (Lipinski definition) is 1. The fraction of sp³-hybridized carbons (Fsp3) is 0.133. The molecule has 108 valence electrons. The Morgan fingerprint density at radius 1 is 1.14 bits per heavy atom. The SMILES string of the molecule is C[C@@H](NC(=O)c1ccc([N+](=O)[O-])cc1)c1ccc(Cl)cc1. The van der Waals surface area contributed by atoms with Gasteiger partial charge in [0.25, 0.3) is 11.6 Å². The Balaban J connectivity index is 2.06. The molecular weight excluding hydrogens is 292 g/mol. The normalized spacial score (nSPS) is 11.7. The summed E-state index contributed by atoms with van der Waals surface area (Å²) in [5.74, 6) is -0.285. The summed E-state index contributed by atoms with van der Waals surface area (Å²) in [7, 11) is 0. The molecule has 0 saturated heterocycles. The molecule has 1 amide bonds. The zero-order valence-corrected chi connectivity index (χ0v) is 12.0. The van der Waals surface area contributed by atoms with Gasteiger partial charge in [-0.2, -0.15) is 0 Å². The van der Waals surface area contributed by atoms with Crippen molar-refractivity contribution in [2.75, 3.05) is 0 Å². The summed E-state index contributed by atoms with van der Waals surface area (Å²) in [5, 5.41) is 14.0. The van der Waals surface area contributed by atoms with Crippen LogP contribution in [0.3, 0.4) is 0 Å². The van der Waals surface area contributed by atoms with Gasteiger partial charge >= 0.3 is 0 Å². The van der Waals surface area contributed by atoms with Crippen molar-refractivity contribution >= 4 is 23.2 Å². The summed E-state index contributed by atoms with van der Waals surface area (Å²) in [6.07, 6.45) is 0. The molecule has 0 saturated carbocycles.